The van der Waals surface area contributed by atoms with Crippen LogP contribution in [0.3, 0.4) is 0 Å². The van der Waals surface area contributed by atoms with Gasteiger partial charge in [-0.2, -0.15) is 0 Å². The third-order valence-electron chi connectivity index (χ3n) is 3.21. The van der Waals surface area contributed by atoms with Gasteiger partial charge in [-0.15, -0.1) is 6.42 Å². The molecule has 1 atom stereocenters. The average Bonchev–Trinajstić information content (AvgIpc) is 2.62. The van der Waals surface area contributed by atoms with Crippen molar-refractivity contribution in [2.75, 3.05) is 18.1 Å². The van der Waals surface area contributed by atoms with Crippen molar-refractivity contribution < 1.29 is 13.2 Å². The van der Waals surface area contributed by atoms with Gasteiger partial charge in [-0.25, -0.2) is 8.42 Å². The second-order valence-electron chi connectivity index (χ2n) is 5.77. The van der Waals surface area contributed by atoms with Gasteiger partial charge >= 0.3 is 0 Å². The minimum atomic E-state index is -3.02. The minimum absolute atomic E-state index is 0.0203. The van der Waals surface area contributed by atoms with Crippen molar-refractivity contribution in [2.24, 2.45) is 5.73 Å². The van der Waals surface area contributed by atoms with Crippen molar-refractivity contribution in [3.63, 3.8) is 0 Å². The third-order valence-corrected chi connectivity index (χ3v) is 4.96. The first-order valence-electron chi connectivity index (χ1n) is 6.37. The van der Waals surface area contributed by atoms with Gasteiger partial charge in [-0.3, -0.25) is 4.79 Å². The van der Waals surface area contributed by atoms with E-state index in [9.17, 15) is 13.2 Å². The van der Waals surface area contributed by atoms with Gasteiger partial charge in [-0.1, -0.05) is 5.92 Å². The van der Waals surface area contributed by atoms with Gasteiger partial charge < -0.3 is 10.6 Å². The molecule has 1 fully saturated rings. The van der Waals surface area contributed by atoms with E-state index in [1.807, 2.05) is 13.8 Å². The normalized spacial score (nSPS) is 21.9. The molecule has 0 aromatic rings. The molecular weight excluding hydrogens is 264 g/mol. The van der Waals surface area contributed by atoms with Crippen LogP contribution >= 0.6 is 0 Å². The summed E-state index contributed by atoms with van der Waals surface area (Å²) in [7, 11) is -3.02. The number of carbonyl (C=O) groups is 1. The van der Waals surface area contributed by atoms with E-state index < -0.39 is 15.4 Å². The topological polar surface area (TPSA) is 80.5 Å². The summed E-state index contributed by atoms with van der Waals surface area (Å²) in [5.41, 5.74) is 5.43. The van der Waals surface area contributed by atoms with Crippen LogP contribution < -0.4 is 5.73 Å². The van der Waals surface area contributed by atoms with E-state index in [1.54, 1.807) is 0 Å². The molecule has 0 radical (unpaired) electrons. The predicted molar refractivity (Wildman–Crippen MR) is 75.1 cm³/mol. The van der Waals surface area contributed by atoms with E-state index in [1.165, 1.54) is 4.90 Å². The Balaban J connectivity index is 2.68. The van der Waals surface area contributed by atoms with Crippen molar-refractivity contribution in [2.45, 2.75) is 44.7 Å². The molecular formula is C13H22N2O3S. The van der Waals surface area contributed by atoms with Crippen LogP contribution in [0.4, 0.5) is 0 Å². The summed E-state index contributed by atoms with van der Waals surface area (Å²) < 4.78 is 23.0. The minimum Gasteiger partial charge on any atom is -0.328 e. The highest BCUT2D eigenvalue weighted by Crippen LogP contribution is 2.19. The van der Waals surface area contributed by atoms with Crippen molar-refractivity contribution >= 4 is 15.7 Å². The summed E-state index contributed by atoms with van der Waals surface area (Å²) in [6.45, 7) is 3.86. The van der Waals surface area contributed by atoms with E-state index in [0.29, 0.717) is 19.3 Å². The van der Waals surface area contributed by atoms with Gasteiger partial charge in [0.1, 0.15) is 0 Å². The summed E-state index contributed by atoms with van der Waals surface area (Å²) in [5, 5.41) is 0. The van der Waals surface area contributed by atoms with Crippen molar-refractivity contribution in [1.82, 2.24) is 4.90 Å². The first kappa shape index (κ1) is 16.0. The maximum Gasteiger partial charge on any atom is 0.223 e. The van der Waals surface area contributed by atoms with Crippen LogP contribution in [0, 0.1) is 12.3 Å². The van der Waals surface area contributed by atoms with Gasteiger partial charge in [0, 0.05) is 18.0 Å². The summed E-state index contributed by atoms with van der Waals surface area (Å²) in [6.07, 6.45) is 6.58. The molecule has 1 amide bonds. The molecule has 1 aliphatic heterocycles. The fourth-order valence-electron chi connectivity index (χ4n) is 2.11. The molecule has 2 N–H and O–H groups in total. The molecule has 0 aromatic carbocycles. The number of carbonyl (C=O) groups excluding carboxylic acids is 1. The Morgan fingerprint density at radius 2 is 2.16 bits per heavy atom. The van der Waals surface area contributed by atoms with Crippen LogP contribution in [0.15, 0.2) is 0 Å². The van der Waals surface area contributed by atoms with Gasteiger partial charge in [0.2, 0.25) is 5.91 Å². The standard InChI is InChI=1S/C13H22N2O3S/c1-4-8-15(11-6-9-19(17,18)10-11)12(16)5-7-13(2,3)14/h1,11H,5-10,14H2,2-3H3. The molecule has 19 heavy (non-hydrogen) atoms. The summed E-state index contributed by atoms with van der Waals surface area (Å²) in [6, 6.07) is -0.283. The summed E-state index contributed by atoms with van der Waals surface area (Å²) in [5.74, 6) is 2.47. The smallest absolute Gasteiger partial charge is 0.223 e. The first-order chi connectivity index (χ1) is 8.64. The van der Waals surface area contributed by atoms with Crippen LogP contribution in [0.5, 0.6) is 0 Å². The quantitative estimate of drug-likeness (QED) is 0.730. The largest absolute Gasteiger partial charge is 0.328 e. The molecule has 0 spiro atoms. The lowest BCUT2D eigenvalue weighted by Gasteiger charge is -2.27. The van der Waals surface area contributed by atoms with Gasteiger partial charge in [0.25, 0.3) is 0 Å². The van der Waals surface area contributed by atoms with E-state index in [2.05, 4.69) is 5.92 Å². The van der Waals surface area contributed by atoms with Crippen LogP contribution in [0.2, 0.25) is 0 Å². The molecule has 0 aromatic heterocycles. The molecule has 0 aliphatic carbocycles. The Hall–Kier alpha value is -1.06. The average molecular weight is 286 g/mol. The number of nitrogens with zero attached hydrogens (tertiary/aromatic N) is 1. The third kappa shape index (κ3) is 5.21. The van der Waals surface area contributed by atoms with Crippen LogP contribution in [-0.4, -0.2) is 48.9 Å². The molecule has 1 saturated heterocycles. The number of hydrogen-bond donors (Lipinski definition) is 1. The van der Waals surface area contributed by atoms with Crippen molar-refractivity contribution in [3.05, 3.63) is 0 Å². The van der Waals surface area contributed by atoms with Gasteiger partial charge in [-0.05, 0) is 26.7 Å². The zero-order valence-electron chi connectivity index (χ0n) is 11.6. The molecule has 108 valence electrons. The Morgan fingerprint density at radius 3 is 2.58 bits per heavy atom. The van der Waals surface area contributed by atoms with Crippen molar-refractivity contribution in [3.8, 4) is 12.3 Å². The molecule has 0 bridgehead atoms. The second-order valence-corrected chi connectivity index (χ2v) is 8.00. The highest BCUT2D eigenvalue weighted by Gasteiger charge is 2.34. The highest BCUT2D eigenvalue weighted by atomic mass is 32.2. The molecule has 1 heterocycles. The number of nitrogens with two attached hydrogens (primary N) is 1. The van der Waals surface area contributed by atoms with Crippen LogP contribution in [0.1, 0.15) is 33.1 Å². The number of hydrogen-bond acceptors (Lipinski definition) is 4. The molecule has 1 unspecified atom stereocenters. The lowest BCUT2D eigenvalue weighted by atomic mass is 9.99. The Bertz CT molecular complexity index is 471. The van der Waals surface area contributed by atoms with Gasteiger partial charge in [0.05, 0.1) is 18.1 Å². The maximum atomic E-state index is 12.2. The van der Waals surface area contributed by atoms with E-state index in [4.69, 9.17) is 12.2 Å². The van der Waals surface area contributed by atoms with E-state index in [0.717, 1.165) is 0 Å². The van der Waals surface area contributed by atoms with Crippen LogP contribution in [-0.2, 0) is 14.6 Å². The lowest BCUT2D eigenvalue weighted by Crippen LogP contribution is -2.42. The fraction of sp³-hybridized carbons (Fsp3) is 0.769. The monoisotopic (exact) mass is 286 g/mol. The molecule has 6 heteroatoms. The van der Waals surface area contributed by atoms with Crippen LogP contribution in [0.25, 0.3) is 0 Å². The first-order valence-corrected chi connectivity index (χ1v) is 8.19. The Morgan fingerprint density at radius 1 is 1.53 bits per heavy atom. The van der Waals surface area contributed by atoms with E-state index >= 15 is 0 Å². The number of terminal acetylenes is 1. The molecule has 1 aliphatic rings. The number of amides is 1. The zero-order chi connectivity index (χ0) is 14.7. The Kier molecular flexibility index (Phi) is 4.99. The highest BCUT2D eigenvalue weighted by molar-refractivity contribution is 7.91. The molecule has 5 nitrogen and oxygen atoms in total. The lowest BCUT2D eigenvalue weighted by molar-refractivity contribution is -0.132. The SMILES string of the molecule is C#CCN(C(=O)CCC(C)(C)N)C1CCS(=O)(=O)C1. The van der Waals surface area contributed by atoms with E-state index in [-0.39, 0.29) is 30.0 Å². The van der Waals surface area contributed by atoms with Gasteiger partial charge in [0.15, 0.2) is 9.84 Å². The molecule has 1 rings (SSSR count). The summed E-state index contributed by atoms with van der Waals surface area (Å²) >= 11 is 0. The summed E-state index contributed by atoms with van der Waals surface area (Å²) in [4.78, 5) is 13.7. The molecule has 0 saturated carbocycles. The predicted octanol–water partition coefficient (Wildman–Crippen LogP) is 0.153. The Labute approximate surface area is 115 Å². The van der Waals surface area contributed by atoms with Crippen molar-refractivity contribution in [1.29, 1.82) is 0 Å². The zero-order valence-corrected chi connectivity index (χ0v) is 12.4. The number of rotatable bonds is 5. The number of sulfone groups is 1. The second kappa shape index (κ2) is 5.93. The fourth-order valence-corrected chi connectivity index (χ4v) is 3.84. The maximum absolute atomic E-state index is 12.2.